The third kappa shape index (κ3) is 3.30. The van der Waals surface area contributed by atoms with Crippen molar-refractivity contribution in [2.24, 2.45) is 0 Å². The van der Waals surface area contributed by atoms with Gasteiger partial charge in [-0.3, -0.25) is 4.79 Å². The van der Waals surface area contributed by atoms with Gasteiger partial charge in [0, 0.05) is 10.4 Å². The molecule has 1 aliphatic heterocycles. The van der Waals surface area contributed by atoms with Crippen LogP contribution in [0.5, 0.6) is 11.5 Å². The molecule has 2 aromatic carbocycles. The van der Waals surface area contributed by atoms with E-state index >= 15 is 0 Å². The Kier molecular flexibility index (Phi) is 4.63. The van der Waals surface area contributed by atoms with Crippen LogP contribution in [0.2, 0.25) is 0 Å². The molecule has 1 aromatic heterocycles. The third-order valence-electron chi connectivity index (χ3n) is 4.46. The minimum Gasteiger partial charge on any atom is -0.454 e. The van der Waals surface area contributed by atoms with E-state index in [9.17, 15) is 4.79 Å². The summed E-state index contributed by atoms with van der Waals surface area (Å²) in [4.78, 5) is 13.9. The van der Waals surface area contributed by atoms with E-state index in [2.05, 4.69) is 36.5 Å². The van der Waals surface area contributed by atoms with Gasteiger partial charge >= 0.3 is 0 Å². The maximum atomic E-state index is 12.8. The molecule has 1 N–H and O–H groups in total. The van der Waals surface area contributed by atoms with Gasteiger partial charge in [-0.25, -0.2) is 0 Å². The van der Waals surface area contributed by atoms with E-state index in [1.165, 1.54) is 5.56 Å². The average Bonchev–Trinajstić information content (AvgIpc) is 3.37. The Morgan fingerprint density at radius 1 is 1.12 bits per heavy atom. The first-order valence-corrected chi connectivity index (χ1v) is 9.45. The normalized spacial score (nSPS) is 13.4. The van der Waals surface area contributed by atoms with Crippen LogP contribution in [-0.4, -0.2) is 12.7 Å². The molecule has 26 heavy (non-hydrogen) atoms. The fraction of sp³-hybridized carbons (Fsp3) is 0.190. The molecule has 1 atom stereocenters. The molecule has 0 saturated heterocycles. The van der Waals surface area contributed by atoms with Gasteiger partial charge in [-0.15, -0.1) is 11.3 Å². The molecule has 5 heteroatoms. The molecular weight excluding hydrogens is 346 g/mol. The number of hydrogen-bond acceptors (Lipinski definition) is 4. The Labute approximate surface area is 156 Å². The van der Waals surface area contributed by atoms with Crippen LogP contribution in [0, 0.1) is 0 Å². The third-order valence-corrected chi connectivity index (χ3v) is 5.40. The lowest BCUT2D eigenvalue weighted by Gasteiger charge is -2.19. The van der Waals surface area contributed by atoms with E-state index in [1.807, 2.05) is 17.5 Å². The molecule has 0 aliphatic carbocycles. The quantitative estimate of drug-likeness (QED) is 0.721. The minimum atomic E-state index is -0.182. The predicted molar refractivity (Wildman–Crippen MR) is 102 cm³/mol. The Bertz CT molecular complexity index is 904. The lowest BCUT2D eigenvalue weighted by molar-refractivity contribution is 0.0943. The fourth-order valence-electron chi connectivity index (χ4n) is 2.97. The van der Waals surface area contributed by atoms with E-state index in [1.54, 1.807) is 29.5 Å². The second kappa shape index (κ2) is 7.22. The molecule has 1 aliphatic rings. The van der Waals surface area contributed by atoms with Crippen LogP contribution in [0.4, 0.5) is 0 Å². The Balaban J connectivity index is 1.61. The van der Waals surface area contributed by atoms with Gasteiger partial charge in [-0.2, -0.15) is 0 Å². The molecule has 0 bridgehead atoms. The molecule has 3 aromatic rings. The summed E-state index contributed by atoms with van der Waals surface area (Å²) in [7, 11) is 0. The number of nitrogens with one attached hydrogen (secondary N) is 1. The average molecular weight is 365 g/mol. The lowest BCUT2D eigenvalue weighted by Crippen LogP contribution is -2.28. The number of carbonyl (C=O) groups is 1. The first-order valence-electron chi connectivity index (χ1n) is 8.57. The highest BCUT2D eigenvalue weighted by molar-refractivity contribution is 7.10. The number of fused-ring (bicyclic) bond motifs is 1. The van der Waals surface area contributed by atoms with Crippen molar-refractivity contribution in [1.29, 1.82) is 0 Å². The first-order chi connectivity index (χ1) is 12.7. The van der Waals surface area contributed by atoms with Gasteiger partial charge in [0.2, 0.25) is 6.79 Å². The van der Waals surface area contributed by atoms with Crippen molar-refractivity contribution in [1.82, 2.24) is 5.32 Å². The van der Waals surface area contributed by atoms with Crippen LogP contribution in [0.15, 0.2) is 60.0 Å². The predicted octanol–water partition coefficient (Wildman–Crippen LogP) is 4.56. The number of hydrogen-bond donors (Lipinski definition) is 1. The van der Waals surface area contributed by atoms with Crippen molar-refractivity contribution in [3.05, 3.63) is 81.5 Å². The highest BCUT2D eigenvalue weighted by atomic mass is 32.1. The van der Waals surface area contributed by atoms with Crippen molar-refractivity contribution in [3.63, 3.8) is 0 Å². The molecular formula is C21H19NO3S. The molecule has 0 fully saturated rings. The number of aryl methyl sites for hydroxylation is 1. The Hall–Kier alpha value is -2.79. The summed E-state index contributed by atoms with van der Waals surface area (Å²) < 4.78 is 10.7. The van der Waals surface area contributed by atoms with Gasteiger partial charge in [0.1, 0.15) is 0 Å². The van der Waals surface area contributed by atoms with E-state index < -0.39 is 0 Å². The standard InChI is InChI=1S/C21H19NO3S/c1-2-14-5-7-15(8-6-14)20(19-4-3-11-26-19)22-21(23)16-9-10-17-18(12-16)25-13-24-17/h3-12,20H,2,13H2,1H3,(H,22,23)/t20-/m0/s1. The van der Waals surface area contributed by atoms with Gasteiger partial charge in [-0.05, 0) is 47.2 Å². The summed E-state index contributed by atoms with van der Waals surface area (Å²) in [5.74, 6) is 1.14. The topological polar surface area (TPSA) is 47.6 Å². The second-order valence-electron chi connectivity index (χ2n) is 6.09. The Morgan fingerprint density at radius 2 is 1.92 bits per heavy atom. The molecule has 0 radical (unpaired) electrons. The molecule has 4 nitrogen and oxygen atoms in total. The number of thiophene rings is 1. The minimum absolute atomic E-state index is 0.138. The van der Waals surface area contributed by atoms with E-state index in [4.69, 9.17) is 9.47 Å². The van der Waals surface area contributed by atoms with Crippen molar-refractivity contribution < 1.29 is 14.3 Å². The molecule has 4 rings (SSSR count). The second-order valence-corrected chi connectivity index (χ2v) is 7.06. The van der Waals surface area contributed by atoms with Crippen LogP contribution < -0.4 is 14.8 Å². The number of carbonyl (C=O) groups excluding carboxylic acids is 1. The smallest absolute Gasteiger partial charge is 0.252 e. The van der Waals surface area contributed by atoms with Gasteiger partial charge in [0.05, 0.1) is 6.04 Å². The number of ether oxygens (including phenoxy) is 2. The number of amides is 1. The summed E-state index contributed by atoms with van der Waals surface area (Å²) in [6, 6.07) is 17.5. The van der Waals surface area contributed by atoms with Crippen LogP contribution >= 0.6 is 11.3 Å². The molecule has 132 valence electrons. The molecule has 0 unspecified atom stereocenters. The van der Waals surface area contributed by atoms with Crippen LogP contribution in [-0.2, 0) is 6.42 Å². The maximum Gasteiger partial charge on any atom is 0.252 e. The van der Waals surface area contributed by atoms with Gasteiger partial charge < -0.3 is 14.8 Å². The largest absolute Gasteiger partial charge is 0.454 e. The zero-order valence-corrected chi connectivity index (χ0v) is 15.2. The van der Waals surface area contributed by atoms with Gasteiger partial charge in [-0.1, -0.05) is 37.3 Å². The highest BCUT2D eigenvalue weighted by Gasteiger charge is 2.21. The van der Waals surface area contributed by atoms with Crippen LogP contribution in [0.25, 0.3) is 0 Å². The summed E-state index contributed by atoms with van der Waals surface area (Å²) in [6.45, 7) is 2.33. The first kappa shape index (κ1) is 16.7. The highest BCUT2D eigenvalue weighted by Crippen LogP contribution is 2.33. The SMILES string of the molecule is CCc1ccc([C@H](NC(=O)c2ccc3c(c2)OCO3)c2cccs2)cc1. The molecule has 1 amide bonds. The molecule has 2 heterocycles. The van der Waals surface area contributed by atoms with Crippen molar-refractivity contribution in [2.75, 3.05) is 6.79 Å². The van der Waals surface area contributed by atoms with Crippen molar-refractivity contribution in [2.45, 2.75) is 19.4 Å². The summed E-state index contributed by atoms with van der Waals surface area (Å²) in [5, 5.41) is 5.18. The Morgan fingerprint density at radius 3 is 2.65 bits per heavy atom. The van der Waals surface area contributed by atoms with Gasteiger partial charge in [0.15, 0.2) is 11.5 Å². The summed E-state index contributed by atoms with van der Waals surface area (Å²) >= 11 is 1.63. The van der Waals surface area contributed by atoms with Crippen LogP contribution in [0.1, 0.15) is 39.3 Å². The van der Waals surface area contributed by atoms with E-state index in [0.717, 1.165) is 16.9 Å². The van der Waals surface area contributed by atoms with Crippen molar-refractivity contribution in [3.8, 4) is 11.5 Å². The zero-order valence-electron chi connectivity index (χ0n) is 14.4. The molecule has 0 saturated carbocycles. The summed E-state index contributed by atoms with van der Waals surface area (Å²) in [6.07, 6.45) is 0.994. The van der Waals surface area contributed by atoms with E-state index in [0.29, 0.717) is 17.1 Å². The molecule has 0 spiro atoms. The number of rotatable bonds is 5. The fourth-order valence-corrected chi connectivity index (χ4v) is 3.77. The van der Waals surface area contributed by atoms with Crippen LogP contribution in [0.3, 0.4) is 0 Å². The summed E-state index contributed by atoms with van der Waals surface area (Å²) in [5.41, 5.74) is 2.90. The monoisotopic (exact) mass is 365 g/mol. The maximum absolute atomic E-state index is 12.8. The van der Waals surface area contributed by atoms with Gasteiger partial charge in [0.25, 0.3) is 5.91 Å². The number of benzene rings is 2. The van der Waals surface area contributed by atoms with Crippen molar-refractivity contribution >= 4 is 17.2 Å². The van der Waals surface area contributed by atoms with E-state index in [-0.39, 0.29) is 18.7 Å². The zero-order chi connectivity index (χ0) is 17.9. The lowest BCUT2D eigenvalue weighted by atomic mass is 10.0.